The van der Waals surface area contributed by atoms with Crippen LogP contribution in [0.5, 0.6) is 0 Å². The van der Waals surface area contributed by atoms with Crippen molar-refractivity contribution in [3.63, 3.8) is 0 Å². The Morgan fingerprint density at radius 3 is 1.83 bits per heavy atom. The van der Waals surface area contributed by atoms with Gasteiger partial charge in [0.2, 0.25) is 5.91 Å². The molecular formula is C29H42N4O2. The lowest BCUT2D eigenvalue weighted by atomic mass is 9.93. The maximum absolute atomic E-state index is 12.9. The molecule has 3 amide bonds. The van der Waals surface area contributed by atoms with Gasteiger partial charge in [0, 0.05) is 49.2 Å². The second-order valence-corrected chi connectivity index (χ2v) is 10.1. The van der Waals surface area contributed by atoms with Gasteiger partial charge in [0.1, 0.15) is 0 Å². The molecule has 3 rings (SSSR count). The molecule has 2 aromatic rings. The molecule has 2 N–H and O–H groups in total. The van der Waals surface area contributed by atoms with Crippen LogP contribution in [0.15, 0.2) is 42.5 Å². The number of benzene rings is 2. The zero-order valence-electron chi connectivity index (χ0n) is 22.2. The summed E-state index contributed by atoms with van der Waals surface area (Å²) in [6.07, 6.45) is 1.80. The lowest BCUT2D eigenvalue weighted by Gasteiger charge is -2.37. The number of carbonyl (C=O) groups is 2. The minimum atomic E-state index is -0.235. The Kier molecular flexibility index (Phi) is 9.19. The van der Waals surface area contributed by atoms with Gasteiger partial charge in [0.25, 0.3) is 0 Å². The topological polar surface area (TPSA) is 64.7 Å². The lowest BCUT2D eigenvalue weighted by molar-refractivity contribution is -0.136. The minimum absolute atomic E-state index is 0.141. The van der Waals surface area contributed by atoms with Crippen LogP contribution in [0.2, 0.25) is 0 Å². The highest BCUT2D eigenvalue weighted by Gasteiger charge is 2.25. The highest BCUT2D eigenvalue weighted by Crippen LogP contribution is 2.32. The standard InChI is InChI=1S/C29H42N4O2/c1-7-22(8-2)28(34)33-18-16-32(17-19-33)24-14-12-23(13-15-24)30-29(35)31-27-25(20(3)4)10-9-11-26(27)21(5)6/h9-15,20-22H,7-8,16-19H2,1-6H3,(H2,30,31,35). The summed E-state index contributed by atoms with van der Waals surface area (Å²) in [7, 11) is 0. The van der Waals surface area contributed by atoms with Crippen LogP contribution in [-0.2, 0) is 4.79 Å². The van der Waals surface area contributed by atoms with E-state index in [1.165, 1.54) is 0 Å². The number of nitrogens with one attached hydrogen (secondary N) is 2. The van der Waals surface area contributed by atoms with E-state index in [1.54, 1.807) is 0 Å². The van der Waals surface area contributed by atoms with Gasteiger partial charge in [-0.25, -0.2) is 4.79 Å². The van der Waals surface area contributed by atoms with E-state index in [0.717, 1.165) is 67.2 Å². The first-order valence-electron chi connectivity index (χ1n) is 13.1. The Balaban J connectivity index is 1.60. The van der Waals surface area contributed by atoms with Crippen molar-refractivity contribution < 1.29 is 9.59 Å². The van der Waals surface area contributed by atoms with Crippen LogP contribution < -0.4 is 15.5 Å². The van der Waals surface area contributed by atoms with Crippen LogP contribution in [0, 0.1) is 5.92 Å². The summed E-state index contributed by atoms with van der Waals surface area (Å²) in [6, 6.07) is 13.9. The van der Waals surface area contributed by atoms with E-state index in [4.69, 9.17) is 0 Å². The number of para-hydroxylation sites is 1. The van der Waals surface area contributed by atoms with E-state index < -0.39 is 0 Å². The SMILES string of the molecule is CCC(CC)C(=O)N1CCN(c2ccc(NC(=O)Nc3c(C(C)C)cccc3C(C)C)cc2)CC1. The van der Waals surface area contributed by atoms with Gasteiger partial charge in [-0.2, -0.15) is 0 Å². The third kappa shape index (κ3) is 6.56. The molecule has 1 aliphatic heterocycles. The first kappa shape index (κ1) is 26.6. The zero-order chi connectivity index (χ0) is 25.5. The fourth-order valence-electron chi connectivity index (χ4n) is 4.81. The summed E-state index contributed by atoms with van der Waals surface area (Å²) in [4.78, 5) is 29.8. The largest absolute Gasteiger partial charge is 0.368 e. The van der Waals surface area contributed by atoms with Gasteiger partial charge in [-0.05, 0) is 60.1 Å². The predicted molar refractivity (Wildman–Crippen MR) is 147 cm³/mol. The molecule has 0 unspecified atom stereocenters. The Hall–Kier alpha value is -3.02. The van der Waals surface area contributed by atoms with E-state index in [1.807, 2.05) is 29.2 Å². The number of anilines is 3. The highest BCUT2D eigenvalue weighted by molar-refractivity contribution is 6.01. The molecule has 6 nitrogen and oxygen atoms in total. The van der Waals surface area contributed by atoms with Gasteiger partial charge < -0.3 is 20.4 Å². The summed E-state index contributed by atoms with van der Waals surface area (Å²) >= 11 is 0. The summed E-state index contributed by atoms with van der Waals surface area (Å²) < 4.78 is 0. The molecule has 0 radical (unpaired) electrons. The van der Waals surface area contributed by atoms with Crippen LogP contribution in [0.3, 0.4) is 0 Å². The van der Waals surface area contributed by atoms with Crippen LogP contribution in [-0.4, -0.2) is 43.0 Å². The second kappa shape index (κ2) is 12.1. The molecule has 1 aliphatic rings. The Labute approximate surface area is 211 Å². The monoisotopic (exact) mass is 478 g/mol. The Bertz CT molecular complexity index is 962. The molecule has 190 valence electrons. The Morgan fingerprint density at radius 2 is 1.34 bits per heavy atom. The number of carbonyl (C=O) groups excluding carboxylic acids is 2. The third-order valence-corrected chi connectivity index (χ3v) is 7.03. The molecule has 0 aromatic heterocycles. The number of hydrogen-bond acceptors (Lipinski definition) is 3. The van der Waals surface area contributed by atoms with Gasteiger partial charge in [0.15, 0.2) is 0 Å². The van der Waals surface area contributed by atoms with Crippen molar-refractivity contribution in [1.82, 2.24) is 4.90 Å². The lowest BCUT2D eigenvalue weighted by Crippen LogP contribution is -2.50. The van der Waals surface area contributed by atoms with Gasteiger partial charge in [-0.1, -0.05) is 59.7 Å². The van der Waals surface area contributed by atoms with Crippen LogP contribution >= 0.6 is 0 Å². The smallest absolute Gasteiger partial charge is 0.323 e. The molecule has 1 fully saturated rings. The quantitative estimate of drug-likeness (QED) is 0.446. The van der Waals surface area contributed by atoms with Crippen molar-refractivity contribution in [2.24, 2.45) is 5.92 Å². The molecule has 0 bridgehead atoms. The van der Waals surface area contributed by atoms with Crippen molar-refractivity contribution in [2.45, 2.75) is 66.2 Å². The van der Waals surface area contributed by atoms with Crippen molar-refractivity contribution in [1.29, 1.82) is 0 Å². The molecular weight excluding hydrogens is 436 g/mol. The molecule has 1 heterocycles. The van der Waals surface area contributed by atoms with E-state index in [0.29, 0.717) is 17.7 Å². The number of piperazine rings is 1. The number of hydrogen-bond donors (Lipinski definition) is 2. The maximum atomic E-state index is 12.9. The molecule has 0 spiro atoms. The predicted octanol–water partition coefficient (Wildman–Crippen LogP) is 6.66. The molecule has 35 heavy (non-hydrogen) atoms. The number of amides is 3. The minimum Gasteiger partial charge on any atom is -0.368 e. The van der Waals surface area contributed by atoms with Gasteiger partial charge in [-0.15, -0.1) is 0 Å². The molecule has 0 aliphatic carbocycles. The first-order valence-corrected chi connectivity index (χ1v) is 13.1. The summed E-state index contributed by atoms with van der Waals surface area (Å²) in [5, 5.41) is 6.08. The van der Waals surface area contributed by atoms with Crippen molar-refractivity contribution in [2.75, 3.05) is 41.7 Å². The van der Waals surface area contributed by atoms with Crippen LogP contribution in [0.4, 0.5) is 21.9 Å². The Morgan fingerprint density at radius 1 is 0.800 bits per heavy atom. The molecule has 6 heteroatoms. The maximum Gasteiger partial charge on any atom is 0.323 e. The van der Waals surface area contributed by atoms with E-state index in [2.05, 4.69) is 75.3 Å². The van der Waals surface area contributed by atoms with Crippen molar-refractivity contribution in [3.8, 4) is 0 Å². The molecule has 1 saturated heterocycles. The zero-order valence-corrected chi connectivity index (χ0v) is 22.2. The van der Waals surface area contributed by atoms with Gasteiger partial charge in [-0.3, -0.25) is 4.79 Å². The first-order chi connectivity index (χ1) is 16.7. The summed E-state index contributed by atoms with van der Waals surface area (Å²) in [5.41, 5.74) is 5.05. The number of rotatable bonds is 8. The van der Waals surface area contributed by atoms with Crippen molar-refractivity contribution >= 4 is 29.0 Å². The van der Waals surface area contributed by atoms with E-state index in [9.17, 15) is 9.59 Å². The number of urea groups is 1. The second-order valence-electron chi connectivity index (χ2n) is 10.1. The average Bonchev–Trinajstić information content (AvgIpc) is 2.85. The molecule has 0 saturated carbocycles. The third-order valence-electron chi connectivity index (χ3n) is 7.03. The molecule has 2 aromatic carbocycles. The van der Waals surface area contributed by atoms with Gasteiger partial charge in [0.05, 0.1) is 0 Å². The highest BCUT2D eigenvalue weighted by atomic mass is 16.2. The fraction of sp³-hybridized carbons (Fsp3) is 0.517. The van der Waals surface area contributed by atoms with E-state index in [-0.39, 0.29) is 11.9 Å². The normalized spacial score (nSPS) is 14.1. The fourth-order valence-corrected chi connectivity index (χ4v) is 4.81. The van der Waals surface area contributed by atoms with Crippen LogP contribution in [0.25, 0.3) is 0 Å². The average molecular weight is 479 g/mol. The van der Waals surface area contributed by atoms with Gasteiger partial charge >= 0.3 is 6.03 Å². The van der Waals surface area contributed by atoms with Crippen molar-refractivity contribution in [3.05, 3.63) is 53.6 Å². The molecule has 0 atom stereocenters. The van der Waals surface area contributed by atoms with E-state index >= 15 is 0 Å². The number of nitrogens with zero attached hydrogens (tertiary/aromatic N) is 2. The summed E-state index contributed by atoms with van der Waals surface area (Å²) in [6.45, 7) is 15.9. The summed E-state index contributed by atoms with van der Waals surface area (Å²) in [5.74, 6) is 1.06. The van der Waals surface area contributed by atoms with Crippen LogP contribution in [0.1, 0.15) is 77.3 Å².